The van der Waals surface area contributed by atoms with Gasteiger partial charge in [0.2, 0.25) is 0 Å². The zero-order valence-electron chi connectivity index (χ0n) is 17.4. The highest BCUT2D eigenvalue weighted by atomic mass is 32.2. The summed E-state index contributed by atoms with van der Waals surface area (Å²) in [6.07, 6.45) is 0. The standard InChI is InChI=1S/C21H25N3O4S/c1-12(2)29-19-11-16-15(23(3)21(26)24(16)4)10-14(19)22-20(25)13-7-8-17(27-5)18(9-13)28-6/h7-12H,1-6H3,(H,22,25). The summed E-state index contributed by atoms with van der Waals surface area (Å²) in [4.78, 5) is 26.1. The van der Waals surface area contributed by atoms with Gasteiger partial charge >= 0.3 is 5.69 Å². The molecular formula is C21H25N3O4S. The maximum atomic E-state index is 12.9. The van der Waals surface area contributed by atoms with Crippen LogP contribution in [0.3, 0.4) is 0 Å². The minimum Gasteiger partial charge on any atom is -0.493 e. The normalized spacial score (nSPS) is 11.1. The van der Waals surface area contributed by atoms with E-state index in [-0.39, 0.29) is 11.6 Å². The molecule has 3 rings (SSSR count). The molecule has 0 aliphatic heterocycles. The lowest BCUT2D eigenvalue weighted by Crippen LogP contribution is -2.19. The van der Waals surface area contributed by atoms with Crippen molar-refractivity contribution < 1.29 is 14.3 Å². The Balaban J connectivity index is 2.05. The molecule has 0 saturated carbocycles. The molecule has 7 nitrogen and oxygen atoms in total. The van der Waals surface area contributed by atoms with Crippen LogP contribution in [0.2, 0.25) is 0 Å². The maximum Gasteiger partial charge on any atom is 0.328 e. The number of aromatic nitrogens is 2. The SMILES string of the molecule is COc1ccc(C(=O)Nc2cc3c(cc2SC(C)C)n(C)c(=O)n3C)cc1OC. The van der Waals surface area contributed by atoms with Crippen LogP contribution in [0.15, 0.2) is 40.0 Å². The fourth-order valence-corrected chi connectivity index (χ4v) is 4.07. The molecule has 0 unspecified atom stereocenters. The average molecular weight is 416 g/mol. The minimum absolute atomic E-state index is 0.108. The lowest BCUT2D eigenvalue weighted by molar-refractivity contribution is 0.102. The van der Waals surface area contributed by atoms with Gasteiger partial charge in [0.25, 0.3) is 5.91 Å². The Morgan fingerprint density at radius 2 is 1.62 bits per heavy atom. The number of ether oxygens (including phenoxy) is 2. The minimum atomic E-state index is -0.267. The molecule has 0 aliphatic rings. The highest BCUT2D eigenvalue weighted by Crippen LogP contribution is 2.35. The molecule has 1 aromatic heterocycles. The number of nitrogens with one attached hydrogen (secondary N) is 1. The van der Waals surface area contributed by atoms with E-state index in [1.807, 2.05) is 12.1 Å². The van der Waals surface area contributed by atoms with E-state index in [9.17, 15) is 9.59 Å². The third-order valence-corrected chi connectivity index (χ3v) is 5.69. The van der Waals surface area contributed by atoms with Crippen molar-refractivity contribution in [3.63, 3.8) is 0 Å². The van der Waals surface area contributed by atoms with Gasteiger partial charge in [0.15, 0.2) is 11.5 Å². The number of carbonyl (C=O) groups excluding carboxylic acids is 1. The van der Waals surface area contributed by atoms with Gasteiger partial charge in [0.05, 0.1) is 30.9 Å². The van der Waals surface area contributed by atoms with Crippen molar-refractivity contribution >= 4 is 34.4 Å². The molecule has 154 valence electrons. The Morgan fingerprint density at radius 1 is 1.00 bits per heavy atom. The van der Waals surface area contributed by atoms with Crippen LogP contribution in [0.25, 0.3) is 11.0 Å². The highest BCUT2D eigenvalue weighted by molar-refractivity contribution is 8.00. The van der Waals surface area contributed by atoms with Gasteiger partial charge < -0.3 is 14.8 Å². The summed E-state index contributed by atoms with van der Waals surface area (Å²) in [5.41, 5.74) is 2.59. The number of nitrogens with zero attached hydrogens (tertiary/aromatic N) is 2. The molecule has 0 bridgehead atoms. The van der Waals surface area contributed by atoms with E-state index in [0.717, 1.165) is 15.9 Å². The van der Waals surface area contributed by atoms with Crippen LogP contribution in [0.4, 0.5) is 5.69 Å². The Morgan fingerprint density at radius 3 is 2.21 bits per heavy atom. The van der Waals surface area contributed by atoms with Crippen LogP contribution in [0.5, 0.6) is 11.5 Å². The molecule has 0 radical (unpaired) electrons. The second-order valence-electron chi connectivity index (χ2n) is 6.93. The van der Waals surface area contributed by atoms with Crippen molar-refractivity contribution in [2.45, 2.75) is 24.0 Å². The van der Waals surface area contributed by atoms with Crippen LogP contribution >= 0.6 is 11.8 Å². The zero-order chi connectivity index (χ0) is 21.3. The third-order valence-electron chi connectivity index (χ3n) is 4.63. The van der Waals surface area contributed by atoms with Crippen LogP contribution in [-0.4, -0.2) is 34.5 Å². The quantitative estimate of drug-likeness (QED) is 0.622. The van der Waals surface area contributed by atoms with Crippen LogP contribution in [-0.2, 0) is 14.1 Å². The third kappa shape index (κ3) is 3.98. The summed E-state index contributed by atoms with van der Waals surface area (Å²) in [6.45, 7) is 4.16. The summed E-state index contributed by atoms with van der Waals surface area (Å²) in [5, 5.41) is 3.30. The van der Waals surface area contributed by atoms with Crippen LogP contribution < -0.4 is 20.5 Å². The van der Waals surface area contributed by atoms with Crippen LogP contribution in [0.1, 0.15) is 24.2 Å². The second kappa shape index (κ2) is 8.24. The average Bonchev–Trinajstić information content (AvgIpc) is 2.91. The zero-order valence-corrected chi connectivity index (χ0v) is 18.2. The van der Waals surface area contributed by atoms with Gasteiger partial charge in [-0.05, 0) is 30.3 Å². The Hall–Kier alpha value is -2.87. The number of carbonyl (C=O) groups is 1. The van der Waals surface area contributed by atoms with E-state index in [2.05, 4.69) is 19.2 Å². The fraction of sp³-hybridized carbons (Fsp3) is 0.333. The van der Waals surface area contributed by atoms with Gasteiger partial charge in [0, 0.05) is 29.8 Å². The Bertz CT molecular complexity index is 1130. The molecule has 0 aliphatic carbocycles. The lowest BCUT2D eigenvalue weighted by atomic mass is 10.1. The number of anilines is 1. The van der Waals surface area contributed by atoms with Gasteiger partial charge in [-0.1, -0.05) is 13.8 Å². The molecule has 0 fully saturated rings. The summed E-state index contributed by atoms with van der Waals surface area (Å²) < 4.78 is 13.7. The van der Waals surface area contributed by atoms with E-state index >= 15 is 0 Å². The van der Waals surface area contributed by atoms with Gasteiger partial charge in [-0.15, -0.1) is 11.8 Å². The smallest absolute Gasteiger partial charge is 0.328 e. The number of hydrogen-bond donors (Lipinski definition) is 1. The molecule has 2 aromatic carbocycles. The number of thioether (sulfide) groups is 1. The van der Waals surface area contributed by atoms with Crippen molar-refractivity contribution in [2.24, 2.45) is 14.1 Å². The summed E-state index contributed by atoms with van der Waals surface area (Å²) in [5.74, 6) is 0.774. The summed E-state index contributed by atoms with van der Waals surface area (Å²) in [7, 11) is 6.55. The highest BCUT2D eigenvalue weighted by Gasteiger charge is 2.17. The lowest BCUT2D eigenvalue weighted by Gasteiger charge is -2.14. The molecule has 3 aromatic rings. The second-order valence-corrected chi connectivity index (χ2v) is 8.55. The first kappa shape index (κ1) is 20.9. The predicted octanol–water partition coefficient (Wildman–Crippen LogP) is 3.65. The van der Waals surface area contributed by atoms with Gasteiger partial charge in [-0.25, -0.2) is 4.79 Å². The molecular weight excluding hydrogens is 390 g/mol. The first-order valence-corrected chi connectivity index (χ1v) is 10.0. The summed E-state index contributed by atoms with van der Waals surface area (Å²) in [6, 6.07) is 8.82. The number of benzene rings is 2. The first-order chi connectivity index (χ1) is 13.8. The number of rotatable bonds is 6. The molecule has 1 N–H and O–H groups in total. The topological polar surface area (TPSA) is 74.5 Å². The van der Waals surface area contributed by atoms with Gasteiger partial charge in [-0.2, -0.15) is 0 Å². The molecule has 1 amide bonds. The largest absolute Gasteiger partial charge is 0.493 e. The van der Waals surface area contributed by atoms with Crippen molar-refractivity contribution in [1.82, 2.24) is 9.13 Å². The number of fused-ring (bicyclic) bond motifs is 1. The first-order valence-electron chi connectivity index (χ1n) is 9.16. The van der Waals surface area contributed by atoms with Gasteiger partial charge in [0.1, 0.15) is 0 Å². The van der Waals surface area contributed by atoms with E-state index in [4.69, 9.17) is 9.47 Å². The summed E-state index contributed by atoms with van der Waals surface area (Å²) >= 11 is 1.63. The van der Waals surface area contributed by atoms with Crippen molar-refractivity contribution in [3.05, 3.63) is 46.4 Å². The van der Waals surface area contributed by atoms with E-state index in [0.29, 0.717) is 28.0 Å². The Kier molecular flexibility index (Phi) is 5.93. The van der Waals surface area contributed by atoms with Crippen molar-refractivity contribution in [3.8, 4) is 11.5 Å². The molecule has 0 spiro atoms. The predicted molar refractivity (Wildman–Crippen MR) is 117 cm³/mol. The molecule has 1 heterocycles. The van der Waals surface area contributed by atoms with E-state index in [1.165, 1.54) is 7.11 Å². The fourth-order valence-electron chi connectivity index (χ4n) is 3.15. The number of aryl methyl sites for hydroxylation is 2. The van der Waals surface area contributed by atoms with Crippen LogP contribution in [0, 0.1) is 0 Å². The molecule has 0 saturated heterocycles. The monoisotopic (exact) mass is 415 g/mol. The molecule has 8 heteroatoms. The number of methoxy groups -OCH3 is 2. The Labute approximate surface area is 173 Å². The van der Waals surface area contributed by atoms with Crippen molar-refractivity contribution in [2.75, 3.05) is 19.5 Å². The molecule has 0 atom stereocenters. The van der Waals surface area contributed by atoms with E-state index in [1.54, 1.807) is 60.3 Å². The molecule has 29 heavy (non-hydrogen) atoms. The van der Waals surface area contributed by atoms with Gasteiger partial charge in [-0.3, -0.25) is 13.9 Å². The van der Waals surface area contributed by atoms with Crippen molar-refractivity contribution in [1.29, 1.82) is 0 Å². The van der Waals surface area contributed by atoms with E-state index < -0.39 is 0 Å². The number of amides is 1. The number of imidazole rings is 1. The maximum absolute atomic E-state index is 12.9. The number of hydrogen-bond acceptors (Lipinski definition) is 5.